The summed E-state index contributed by atoms with van der Waals surface area (Å²) >= 11 is 0. The molecule has 0 radical (unpaired) electrons. The number of aryl methyl sites for hydroxylation is 2. The van der Waals surface area contributed by atoms with E-state index in [2.05, 4.69) is 20.8 Å². The number of rotatable bonds is 6. The van der Waals surface area contributed by atoms with Crippen molar-refractivity contribution in [3.05, 3.63) is 77.0 Å². The van der Waals surface area contributed by atoms with Gasteiger partial charge >= 0.3 is 5.97 Å². The smallest absolute Gasteiger partial charge is 0.340 e. The molecular formula is C22H22N4O3. The molecular weight excluding hydrogens is 368 g/mol. The van der Waals surface area contributed by atoms with E-state index in [4.69, 9.17) is 4.74 Å². The first-order valence-corrected chi connectivity index (χ1v) is 9.23. The fourth-order valence-corrected chi connectivity index (χ4v) is 2.69. The summed E-state index contributed by atoms with van der Waals surface area (Å²) in [6.45, 7) is 5.93. The number of nitrogens with one attached hydrogen (secondary N) is 2. The number of esters is 1. The van der Waals surface area contributed by atoms with Gasteiger partial charge in [-0.1, -0.05) is 24.3 Å². The zero-order valence-electron chi connectivity index (χ0n) is 16.5. The average molecular weight is 390 g/mol. The van der Waals surface area contributed by atoms with Crippen LogP contribution in [0.4, 0.5) is 17.2 Å². The van der Waals surface area contributed by atoms with Crippen LogP contribution in [0.25, 0.3) is 0 Å². The predicted octanol–water partition coefficient (Wildman–Crippen LogP) is 4.27. The fourth-order valence-electron chi connectivity index (χ4n) is 2.69. The maximum absolute atomic E-state index is 12.5. The molecule has 0 bridgehead atoms. The molecule has 2 aromatic carbocycles. The van der Waals surface area contributed by atoms with Crippen LogP contribution in [0.15, 0.2) is 54.6 Å². The molecule has 0 unspecified atom stereocenters. The molecule has 1 aromatic heterocycles. The molecule has 2 N–H and O–H groups in total. The van der Waals surface area contributed by atoms with E-state index in [9.17, 15) is 9.59 Å². The highest BCUT2D eigenvalue weighted by Gasteiger charge is 2.14. The number of hydrogen-bond donors (Lipinski definition) is 2. The monoisotopic (exact) mass is 390 g/mol. The molecule has 0 atom stereocenters. The summed E-state index contributed by atoms with van der Waals surface area (Å²) in [5, 5.41) is 13.9. The Kier molecular flexibility index (Phi) is 6.19. The molecule has 7 heteroatoms. The normalized spacial score (nSPS) is 10.3. The molecule has 0 aliphatic carbocycles. The lowest BCUT2D eigenvalue weighted by Gasteiger charge is -2.11. The number of nitrogens with zero attached hydrogens (tertiary/aromatic N) is 2. The van der Waals surface area contributed by atoms with Crippen molar-refractivity contribution in [2.24, 2.45) is 0 Å². The SMILES string of the molecule is CCOC(=O)c1ccccc1Nc1ccc(C(=O)Nc2cc(C)ccc2C)nn1. The molecule has 0 aliphatic rings. The highest BCUT2D eigenvalue weighted by atomic mass is 16.5. The van der Waals surface area contributed by atoms with E-state index in [0.717, 1.165) is 16.8 Å². The molecule has 1 amide bonds. The third kappa shape index (κ3) is 4.95. The maximum atomic E-state index is 12.5. The number of ether oxygens (including phenoxy) is 1. The Hall–Kier alpha value is -3.74. The van der Waals surface area contributed by atoms with Crippen LogP contribution < -0.4 is 10.6 Å². The second-order valence-electron chi connectivity index (χ2n) is 6.47. The second-order valence-corrected chi connectivity index (χ2v) is 6.47. The quantitative estimate of drug-likeness (QED) is 0.611. The second kappa shape index (κ2) is 8.97. The molecule has 0 spiro atoms. The number of carbonyl (C=O) groups excluding carboxylic acids is 2. The van der Waals surface area contributed by atoms with Gasteiger partial charge < -0.3 is 15.4 Å². The first-order valence-electron chi connectivity index (χ1n) is 9.23. The standard InChI is InChI=1S/C22H22N4O3/c1-4-29-22(28)16-7-5-6-8-17(16)23-20-12-11-18(25-26-20)21(27)24-19-13-14(2)9-10-15(19)3/h5-13H,4H2,1-3H3,(H,23,26)(H,24,27). The van der Waals surface area contributed by atoms with E-state index in [-0.39, 0.29) is 18.2 Å². The van der Waals surface area contributed by atoms with Gasteiger partial charge in [-0.15, -0.1) is 10.2 Å². The van der Waals surface area contributed by atoms with Gasteiger partial charge in [-0.3, -0.25) is 4.79 Å². The summed E-state index contributed by atoms with van der Waals surface area (Å²) in [7, 11) is 0. The Morgan fingerprint density at radius 3 is 2.48 bits per heavy atom. The van der Waals surface area contributed by atoms with Crippen molar-refractivity contribution in [1.29, 1.82) is 0 Å². The largest absolute Gasteiger partial charge is 0.462 e. The highest BCUT2D eigenvalue weighted by molar-refractivity contribution is 6.03. The summed E-state index contributed by atoms with van der Waals surface area (Å²) in [5.41, 5.74) is 3.89. The molecule has 1 heterocycles. The first-order chi connectivity index (χ1) is 14.0. The first kappa shape index (κ1) is 20.0. The Morgan fingerprint density at radius 2 is 1.76 bits per heavy atom. The van der Waals surface area contributed by atoms with E-state index >= 15 is 0 Å². The third-order valence-corrected chi connectivity index (χ3v) is 4.22. The molecule has 0 saturated heterocycles. The van der Waals surface area contributed by atoms with Crippen LogP contribution in [-0.4, -0.2) is 28.7 Å². The van der Waals surface area contributed by atoms with Gasteiger partial charge in [-0.25, -0.2) is 4.79 Å². The average Bonchev–Trinajstić information content (AvgIpc) is 2.72. The summed E-state index contributed by atoms with van der Waals surface area (Å²) in [5.74, 6) is -0.359. The molecule has 29 heavy (non-hydrogen) atoms. The lowest BCUT2D eigenvalue weighted by molar-refractivity contribution is 0.0527. The van der Waals surface area contributed by atoms with Crippen molar-refractivity contribution in [3.63, 3.8) is 0 Å². The molecule has 0 saturated carbocycles. The van der Waals surface area contributed by atoms with Crippen molar-refractivity contribution < 1.29 is 14.3 Å². The van der Waals surface area contributed by atoms with E-state index < -0.39 is 5.97 Å². The number of carbonyl (C=O) groups is 2. The minimum absolute atomic E-state index is 0.190. The van der Waals surface area contributed by atoms with Gasteiger partial charge in [-0.2, -0.15) is 0 Å². The summed E-state index contributed by atoms with van der Waals surface area (Å²) < 4.78 is 5.06. The fraction of sp³-hybridized carbons (Fsp3) is 0.182. The minimum Gasteiger partial charge on any atom is -0.462 e. The van der Waals surface area contributed by atoms with Crippen LogP contribution in [0.5, 0.6) is 0 Å². The molecule has 3 rings (SSSR count). The predicted molar refractivity (Wildman–Crippen MR) is 112 cm³/mol. The van der Waals surface area contributed by atoms with Crippen molar-refractivity contribution in [3.8, 4) is 0 Å². The number of benzene rings is 2. The van der Waals surface area contributed by atoms with Crippen LogP contribution in [0, 0.1) is 13.8 Å². The van der Waals surface area contributed by atoms with Crippen molar-refractivity contribution in [1.82, 2.24) is 10.2 Å². The Balaban J connectivity index is 1.73. The van der Waals surface area contributed by atoms with E-state index in [0.29, 0.717) is 17.1 Å². The van der Waals surface area contributed by atoms with Gasteiger partial charge in [0.1, 0.15) is 0 Å². The van der Waals surface area contributed by atoms with Crippen LogP contribution in [0.3, 0.4) is 0 Å². The summed E-state index contributed by atoms with van der Waals surface area (Å²) in [6, 6.07) is 16.0. The zero-order valence-corrected chi connectivity index (χ0v) is 16.5. The number of hydrogen-bond acceptors (Lipinski definition) is 6. The van der Waals surface area contributed by atoms with Crippen LogP contribution >= 0.6 is 0 Å². The molecule has 148 valence electrons. The molecule has 0 aliphatic heterocycles. The van der Waals surface area contributed by atoms with E-state index in [1.807, 2.05) is 32.0 Å². The van der Waals surface area contributed by atoms with Crippen LogP contribution in [0.2, 0.25) is 0 Å². The lowest BCUT2D eigenvalue weighted by Crippen LogP contribution is -2.15. The lowest BCUT2D eigenvalue weighted by atomic mass is 10.1. The minimum atomic E-state index is -0.423. The number of anilines is 3. The number of aromatic nitrogens is 2. The molecule has 0 fully saturated rings. The molecule has 3 aromatic rings. The zero-order chi connectivity index (χ0) is 20.8. The van der Waals surface area contributed by atoms with Crippen molar-refractivity contribution >= 4 is 29.1 Å². The topological polar surface area (TPSA) is 93.2 Å². The Labute approximate surface area is 169 Å². The third-order valence-electron chi connectivity index (χ3n) is 4.22. The van der Waals surface area contributed by atoms with Crippen LogP contribution in [-0.2, 0) is 4.74 Å². The van der Waals surface area contributed by atoms with E-state index in [1.165, 1.54) is 0 Å². The van der Waals surface area contributed by atoms with Gasteiger partial charge in [0.2, 0.25) is 0 Å². The van der Waals surface area contributed by atoms with E-state index in [1.54, 1.807) is 43.3 Å². The summed E-state index contributed by atoms with van der Waals surface area (Å²) in [4.78, 5) is 24.5. The van der Waals surface area contributed by atoms with Crippen molar-refractivity contribution in [2.45, 2.75) is 20.8 Å². The molecule has 7 nitrogen and oxygen atoms in total. The number of para-hydroxylation sites is 1. The van der Waals surface area contributed by atoms with Gasteiger partial charge in [0, 0.05) is 5.69 Å². The summed E-state index contributed by atoms with van der Waals surface area (Å²) in [6.07, 6.45) is 0. The Bertz CT molecular complexity index is 1030. The van der Waals surface area contributed by atoms with Gasteiger partial charge in [0.15, 0.2) is 11.5 Å². The Morgan fingerprint density at radius 1 is 0.966 bits per heavy atom. The van der Waals surface area contributed by atoms with Gasteiger partial charge in [0.25, 0.3) is 5.91 Å². The number of amides is 1. The highest BCUT2D eigenvalue weighted by Crippen LogP contribution is 2.21. The van der Waals surface area contributed by atoms with Crippen molar-refractivity contribution in [2.75, 3.05) is 17.2 Å². The maximum Gasteiger partial charge on any atom is 0.340 e. The van der Waals surface area contributed by atoms with Gasteiger partial charge in [-0.05, 0) is 62.2 Å². The van der Waals surface area contributed by atoms with Crippen LogP contribution in [0.1, 0.15) is 38.9 Å². The van der Waals surface area contributed by atoms with Gasteiger partial charge in [0.05, 0.1) is 17.9 Å².